The first-order valence-electron chi connectivity index (χ1n) is 8.35. The minimum absolute atomic E-state index is 0.0963. The van der Waals surface area contributed by atoms with Crippen LogP contribution >= 0.6 is 0 Å². The van der Waals surface area contributed by atoms with Gasteiger partial charge in [0.2, 0.25) is 5.78 Å². The number of carbonyl (C=O) groups excluding carboxylic acids is 2. The van der Waals surface area contributed by atoms with Crippen molar-refractivity contribution < 1.29 is 14.0 Å². The molecule has 25 heavy (non-hydrogen) atoms. The summed E-state index contributed by atoms with van der Waals surface area (Å²) in [7, 11) is 0. The van der Waals surface area contributed by atoms with Gasteiger partial charge >= 0.3 is 0 Å². The monoisotopic (exact) mass is 336 g/mol. The molecule has 2 aromatic carbocycles. The van der Waals surface area contributed by atoms with E-state index in [0.29, 0.717) is 6.42 Å². The van der Waals surface area contributed by atoms with Crippen molar-refractivity contribution in [1.82, 2.24) is 0 Å². The highest BCUT2D eigenvalue weighted by atomic mass is 19.1. The Bertz CT molecular complexity index is 767. The van der Waals surface area contributed by atoms with E-state index in [4.69, 9.17) is 6.42 Å². The van der Waals surface area contributed by atoms with Gasteiger partial charge in [0, 0.05) is 18.8 Å². The van der Waals surface area contributed by atoms with E-state index in [1.165, 1.54) is 12.1 Å². The van der Waals surface area contributed by atoms with Gasteiger partial charge in [-0.15, -0.1) is 6.42 Å². The van der Waals surface area contributed by atoms with E-state index in [1.807, 2.05) is 31.2 Å². The maximum atomic E-state index is 12.9. The number of aryl methyl sites for hydroxylation is 1. The van der Waals surface area contributed by atoms with Crippen molar-refractivity contribution in [2.75, 3.05) is 0 Å². The minimum Gasteiger partial charge on any atom is -0.299 e. The Kier molecular flexibility index (Phi) is 6.65. The average molecular weight is 336 g/mol. The van der Waals surface area contributed by atoms with Crippen LogP contribution in [-0.2, 0) is 22.4 Å². The molecule has 0 amide bonds. The molecule has 2 nitrogen and oxygen atoms in total. The lowest BCUT2D eigenvalue weighted by atomic mass is 9.91. The van der Waals surface area contributed by atoms with Gasteiger partial charge < -0.3 is 0 Å². The van der Waals surface area contributed by atoms with Gasteiger partial charge in [-0.2, -0.15) is 0 Å². The number of rotatable bonds is 8. The average Bonchev–Trinajstić information content (AvgIpc) is 2.63. The maximum Gasteiger partial charge on any atom is 0.205 e. The molecule has 0 saturated carbocycles. The first-order chi connectivity index (χ1) is 12.0. The fraction of sp³-hybridized carbons (Fsp3) is 0.273. The first kappa shape index (κ1) is 18.6. The summed E-state index contributed by atoms with van der Waals surface area (Å²) in [5.41, 5.74) is 2.88. The van der Waals surface area contributed by atoms with Crippen LogP contribution in [0, 0.1) is 18.2 Å². The molecule has 0 aromatic heterocycles. The summed E-state index contributed by atoms with van der Waals surface area (Å²) in [5.74, 6) is 1.52. The molecule has 3 heteroatoms. The molecule has 2 aromatic rings. The van der Waals surface area contributed by atoms with Crippen molar-refractivity contribution in [1.29, 1.82) is 0 Å². The highest BCUT2D eigenvalue weighted by Crippen LogP contribution is 2.20. The SMILES string of the molecule is C#CC(=O)CCCc1ccc(C(C)C(=O)Cc2ccc(F)cc2)cc1. The molecule has 0 aliphatic rings. The van der Waals surface area contributed by atoms with E-state index < -0.39 is 0 Å². The van der Waals surface area contributed by atoms with Crippen molar-refractivity contribution in [2.45, 2.75) is 38.5 Å². The van der Waals surface area contributed by atoms with Crippen LogP contribution in [0.5, 0.6) is 0 Å². The van der Waals surface area contributed by atoms with Gasteiger partial charge in [0.05, 0.1) is 0 Å². The molecule has 0 aliphatic heterocycles. The fourth-order valence-electron chi connectivity index (χ4n) is 2.64. The van der Waals surface area contributed by atoms with E-state index in [1.54, 1.807) is 12.1 Å². The number of hydrogen-bond donors (Lipinski definition) is 0. The third-order valence-corrected chi connectivity index (χ3v) is 4.28. The zero-order valence-corrected chi connectivity index (χ0v) is 14.3. The summed E-state index contributed by atoms with van der Waals surface area (Å²) >= 11 is 0. The Hall–Kier alpha value is -2.73. The van der Waals surface area contributed by atoms with Crippen LogP contribution in [0.4, 0.5) is 4.39 Å². The molecule has 0 saturated heterocycles. The third-order valence-electron chi connectivity index (χ3n) is 4.28. The van der Waals surface area contributed by atoms with E-state index in [0.717, 1.165) is 29.5 Å². The van der Waals surface area contributed by atoms with E-state index in [-0.39, 0.29) is 29.7 Å². The van der Waals surface area contributed by atoms with Crippen molar-refractivity contribution in [3.63, 3.8) is 0 Å². The summed E-state index contributed by atoms with van der Waals surface area (Å²) in [5, 5.41) is 0. The van der Waals surface area contributed by atoms with Crippen LogP contribution in [0.15, 0.2) is 48.5 Å². The second kappa shape index (κ2) is 8.94. The number of Topliss-reactive ketones (excluding diaryl/α,β-unsaturated/α-hetero) is 2. The Labute approximate surface area is 148 Å². The van der Waals surface area contributed by atoms with Gasteiger partial charge in [-0.25, -0.2) is 4.39 Å². The summed E-state index contributed by atoms with van der Waals surface area (Å²) < 4.78 is 12.9. The molecule has 0 spiro atoms. The number of terminal acetylenes is 1. The van der Waals surface area contributed by atoms with Gasteiger partial charge in [0.25, 0.3) is 0 Å². The molecule has 0 N–H and O–H groups in total. The van der Waals surface area contributed by atoms with E-state index >= 15 is 0 Å². The molecule has 0 heterocycles. The first-order valence-corrected chi connectivity index (χ1v) is 8.35. The number of carbonyl (C=O) groups is 2. The highest BCUT2D eigenvalue weighted by Gasteiger charge is 2.15. The highest BCUT2D eigenvalue weighted by molar-refractivity contribution is 5.94. The molecule has 0 aliphatic carbocycles. The Morgan fingerprint density at radius 1 is 1.04 bits per heavy atom. The summed E-state index contributed by atoms with van der Waals surface area (Å²) in [6.07, 6.45) is 7.24. The lowest BCUT2D eigenvalue weighted by Crippen LogP contribution is -2.12. The lowest BCUT2D eigenvalue weighted by molar-refractivity contribution is -0.119. The van der Waals surface area contributed by atoms with Gasteiger partial charge in [-0.3, -0.25) is 9.59 Å². The molecule has 0 fully saturated rings. The maximum absolute atomic E-state index is 12.9. The number of benzene rings is 2. The zero-order chi connectivity index (χ0) is 18.2. The molecule has 1 unspecified atom stereocenters. The normalized spacial score (nSPS) is 11.6. The quantitative estimate of drug-likeness (QED) is 0.533. The van der Waals surface area contributed by atoms with Crippen molar-refractivity contribution in [3.05, 3.63) is 71.0 Å². The number of hydrogen-bond acceptors (Lipinski definition) is 2. The van der Waals surface area contributed by atoms with Crippen LogP contribution in [0.25, 0.3) is 0 Å². The topological polar surface area (TPSA) is 34.1 Å². The van der Waals surface area contributed by atoms with Gasteiger partial charge in [0.15, 0.2) is 0 Å². The Morgan fingerprint density at radius 3 is 2.24 bits per heavy atom. The molecular formula is C22H21FO2. The van der Waals surface area contributed by atoms with E-state index in [2.05, 4.69) is 5.92 Å². The molecule has 0 bridgehead atoms. The summed E-state index contributed by atoms with van der Waals surface area (Å²) in [6, 6.07) is 13.9. The van der Waals surface area contributed by atoms with Crippen molar-refractivity contribution >= 4 is 11.6 Å². The second-order valence-electron chi connectivity index (χ2n) is 6.15. The van der Waals surface area contributed by atoms with Crippen LogP contribution in [0.3, 0.4) is 0 Å². The Morgan fingerprint density at radius 2 is 1.64 bits per heavy atom. The predicted molar refractivity (Wildman–Crippen MR) is 96.7 cm³/mol. The zero-order valence-electron chi connectivity index (χ0n) is 14.3. The van der Waals surface area contributed by atoms with Crippen LogP contribution in [0.2, 0.25) is 0 Å². The number of ketones is 2. The smallest absolute Gasteiger partial charge is 0.205 e. The van der Waals surface area contributed by atoms with Crippen molar-refractivity contribution in [3.8, 4) is 12.3 Å². The third kappa shape index (κ3) is 5.69. The van der Waals surface area contributed by atoms with Gasteiger partial charge in [-0.1, -0.05) is 43.3 Å². The number of halogens is 1. The predicted octanol–water partition coefficient (Wildman–Crippen LogP) is 4.27. The largest absolute Gasteiger partial charge is 0.299 e. The molecule has 128 valence electrons. The molecule has 0 radical (unpaired) electrons. The van der Waals surface area contributed by atoms with Crippen LogP contribution < -0.4 is 0 Å². The van der Waals surface area contributed by atoms with Crippen LogP contribution in [0.1, 0.15) is 42.4 Å². The molecular weight excluding hydrogens is 315 g/mol. The summed E-state index contributed by atoms with van der Waals surface area (Å²) in [6.45, 7) is 1.88. The lowest BCUT2D eigenvalue weighted by Gasteiger charge is -2.12. The minimum atomic E-state index is -0.302. The van der Waals surface area contributed by atoms with Crippen LogP contribution in [-0.4, -0.2) is 11.6 Å². The molecule has 2 rings (SSSR count). The van der Waals surface area contributed by atoms with Gasteiger partial charge in [-0.05, 0) is 47.6 Å². The molecule has 1 atom stereocenters. The standard InChI is InChI=1S/C22H21FO2/c1-3-21(24)6-4-5-17-7-11-19(12-8-17)16(2)22(25)15-18-9-13-20(23)14-10-18/h1,7-14,16H,4-6,15H2,2H3. The summed E-state index contributed by atoms with van der Waals surface area (Å²) in [4.78, 5) is 23.5. The fourth-order valence-corrected chi connectivity index (χ4v) is 2.64. The van der Waals surface area contributed by atoms with E-state index in [9.17, 15) is 14.0 Å². The second-order valence-corrected chi connectivity index (χ2v) is 6.15. The Balaban J connectivity index is 1.91. The van der Waals surface area contributed by atoms with Crippen molar-refractivity contribution in [2.24, 2.45) is 0 Å². The van der Waals surface area contributed by atoms with Gasteiger partial charge in [0.1, 0.15) is 11.6 Å².